The fraction of sp³-hybridized carbons (Fsp3) is 0.833. The van der Waals surface area contributed by atoms with Crippen LogP contribution < -0.4 is 10.6 Å². The van der Waals surface area contributed by atoms with Crippen molar-refractivity contribution in [2.75, 3.05) is 13.1 Å². The molecule has 2 amide bonds. The minimum Gasteiger partial charge on any atom is -0.356 e. The third kappa shape index (κ3) is 6.43. The fourth-order valence-electron chi connectivity index (χ4n) is 1.81. The van der Waals surface area contributed by atoms with Crippen molar-refractivity contribution in [3.05, 3.63) is 0 Å². The Balaban J connectivity index is 2.24. The summed E-state index contributed by atoms with van der Waals surface area (Å²) in [4.78, 5) is 22.6. The van der Waals surface area contributed by atoms with Crippen LogP contribution in [0.5, 0.6) is 0 Å². The van der Waals surface area contributed by atoms with Crippen LogP contribution in [0, 0.1) is 0 Å². The highest BCUT2D eigenvalue weighted by Gasteiger charge is 2.04. The molecule has 16 heavy (non-hydrogen) atoms. The van der Waals surface area contributed by atoms with Crippen LogP contribution in [0.1, 0.15) is 51.4 Å². The monoisotopic (exact) mass is 226 g/mol. The summed E-state index contributed by atoms with van der Waals surface area (Å²) in [5.74, 6) is 0.245. The number of hydrogen-bond donors (Lipinski definition) is 2. The first kappa shape index (κ1) is 13.0. The number of rotatable bonds is 0. The van der Waals surface area contributed by atoms with E-state index in [1.54, 1.807) is 0 Å². The van der Waals surface area contributed by atoms with Crippen molar-refractivity contribution in [2.24, 2.45) is 0 Å². The topological polar surface area (TPSA) is 58.2 Å². The van der Waals surface area contributed by atoms with Gasteiger partial charge in [0.25, 0.3) is 0 Å². The lowest BCUT2D eigenvalue weighted by molar-refractivity contribution is -0.123. The van der Waals surface area contributed by atoms with Gasteiger partial charge in [-0.1, -0.05) is 12.8 Å². The van der Waals surface area contributed by atoms with Gasteiger partial charge < -0.3 is 10.6 Å². The average molecular weight is 226 g/mol. The Morgan fingerprint density at radius 1 is 0.625 bits per heavy atom. The average Bonchev–Trinajstić information content (AvgIpc) is 2.27. The lowest BCUT2D eigenvalue weighted by Crippen LogP contribution is -2.26. The minimum atomic E-state index is 0.123. The van der Waals surface area contributed by atoms with E-state index in [1.807, 2.05) is 0 Å². The molecule has 1 heterocycles. The van der Waals surface area contributed by atoms with E-state index in [0.717, 1.165) is 51.6 Å². The molecule has 92 valence electrons. The zero-order valence-corrected chi connectivity index (χ0v) is 9.89. The molecule has 0 aromatic heterocycles. The Morgan fingerprint density at radius 3 is 1.50 bits per heavy atom. The molecule has 0 aliphatic carbocycles. The third-order valence-corrected chi connectivity index (χ3v) is 2.81. The van der Waals surface area contributed by atoms with E-state index in [-0.39, 0.29) is 11.8 Å². The van der Waals surface area contributed by atoms with Gasteiger partial charge in [-0.25, -0.2) is 0 Å². The quantitative estimate of drug-likeness (QED) is 0.655. The van der Waals surface area contributed by atoms with Crippen LogP contribution in [0.15, 0.2) is 0 Å². The summed E-state index contributed by atoms with van der Waals surface area (Å²) >= 11 is 0. The summed E-state index contributed by atoms with van der Waals surface area (Å²) in [6, 6.07) is 0. The molecule has 0 spiro atoms. The lowest BCUT2D eigenvalue weighted by atomic mass is 10.1. The van der Waals surface area contributed by atoms with E-state index in [4.69, 9.17) is 0 Å². The van der Waals surface area contributed by atoms with Crippen LogP contribution in [0.25, 0.3) is 0 Å². The zero-order valence-electron chi connectivity index (χ0n) is 9.89. The predicted octanol–water partition coefficient (Wildman–Crippen LogP) is 1.35. The summed E-state index contributed by atoms with van der Waals surface area (Å²) in [6.45, 7) is 1.59. The highest BCUT2D eigenvalue weighted by molar-refractivity contribution is 5.77. The maximum absolute atomic E-state index is 11.3. The summed E-state index contributed by atoms with van der Waals surface area (Å²) in [5, 5.41) is 5.82. The second kappa shape index (κ2) is 8.13. The first-order valence-electron chi connectivity index (χ1n) is 6.32. The van der Waals surface area contributed by atoms with Gasteiger partial charge in [0, 0.05) is 25.9 Å². The molecule has 0 aromatic rings. The molecule has 0 radical (unpaired) electrons. The molecule has 1 fully saturated rings. The second-order valence-electron chi connectivity index (χ2n) is 4.32. The first-order chi connectivity index (χ1) is 7.79. The van der Waals surface area contributed by atoms with Crippen molar-refractivity contribution in [1.29, 1.82) is 0 Å². The van der Waals surface area contributed by atoms with Crippen LogP contribution in [-0.2, 0) is 9.59 Å². The number of carbonyl (C=O) groups excluding carboxylic acids is 2. The Bertz CT molecular complexity index is 205. The van der Waals surface area contributed by atoms with Gasteiger partial charge in [0.2, 0.25) is 11.8 Å². The number of nitrogens with one attached hydrogen (secondary N) is 2. The van der Waals surface area contributed by atoms with Gasteiger partial charge in [0.1, 0.15) is 0 Å². The summed E-state index contributed by atoms with van der Waals surface area (Å²) in [7, 11) is 0. The van der Waals surface area contributed by atoms with Gasteiger partial charge in [-0.3, -0.25) is 9.59 Å². The van der Waals surface area contributed by atoms with Crippen molar-refractivity contribution in [2.45, 2.75) is 51.4 Å². The first-order valence-corrected chi connectivity index (χ1v) is 6.32. The van der Waals surface area contributed by atoms with E-state index in [1.165, 1.54) is 0 Å². The molecule has 0 unspecified atom stereocenters. The number of hydrogen-bond acceptors (Lipinski definition) is 2. The third-order valence-electron chi connectivity index (χ3n) is 2.81. The molecule has 1 rings (SSSR count). The fourth-order valence-corrected chi connectivity index (χ4v) is 1.81. The molecule has 4 nitrogen and oxygen atoms in total. The minimum absolute atomic E-state index is 0.123. The van der Waals surface area contributed by atoms with Gasteiger partial charge in [0.15, 0.2) is 0 Å². The Morgan fingerprint density at radius 2 is 1.06 bits per heavy atom. The number of amides is 2. The molecular weight excluding hydrogens is 204 g/mol. The van der Waals surface area contributed by atoms with Gasteiger partial charge >= 0.3 is 0 Å². The molecule has 0 atom stereocenters. The zero-order chi connectivity index (χ0) is 11.6. The van der Waals surface area contributed by atoms with Crippen molar-refractivity contribution in [3.8, 4) is 0 Å². The molecule has 2 N–H and O–H groups in total. The van der Waals surface area contributed by atoms with E-state index in [9.17, 15) is 9.59 Å². The van der Waals surface area contributed by atoms with Crippen molar-refractivity contribution in [3.63, 3.8) is 0 Å². The van der Waals surface area contributed by atoms with E-state index < -0.39 is 0 Å². The van der Waals surface area contributed by atoms with Crippen LogP contribution in [0.3, 0.4) is 0 Å². The standard InChI is InChI=1S/C12H22N2O2/c15-11-7-3-4-8-12(16)14-10-6-2-1-5-9-13-11/h1-10H2,(H,13,15)(H,14,16). The van der Waals surface area contributed by atoms with Crippen molar-refractivity contribution >= 4 is 11.8 Å². The maximum Gasteiger partial charge on any atom is 0.219 e. The van der Waals surface area contributed by atoms with E-state index >= 15 is 0 Å². The second-order valence-corrected chi connectivity index (χ2v) is 4.32. The molecule has 1 saturated heterocycles. The van der Waals surface area contributed by atoms with Gasteiger partial charge in [-0.15, -0.1) is 0 Å². The Hall–Kier alpha value is -1.06. The molecule has 1 aliphatic rings. The molecule has 4 heteroatoms. The number of carbonyl (C=O) groups is 2. The molecule has 0 aromatic carbocycles. The van der Waals surface area contributed by atoms with E-state index in [2.05, 4.69) is 10.6 Å². The van der Waals surface area contributed by atoms with Gasteiger partial charge in [-0.2, -0.15) is 0 Å². The SMILES string of the molecule is O=C1CCCCC(=O)NCCCCCCN1. The van der Waals surface area contributed by atoms with Gasteiger partial charge in [-0.05, 0) is 25.7 Å². The van der Waals surface area contributed by atoms with Crippen molar-refractivity contribution in [1.82, 2.24) is 10.6 Å². The maximum atomic E-state index is 11.3. The highest BCUT2D eigenvalue weighted by atomic mass is 16.2. The molecule has 0 bridgehead atoms. The van der Waals surface area contributed by atoms with Crippen molar-refractivity contribution < 1.29 is 9.59 Å². The largest absolute Gasteiger partial charge is 0.356 e. The normalized spacial score (nSPS) is 21.8. The van der Waals surface area contributed by atoms with Crippen LogP contribution >= 0.6 is 0 Å². The molecule has 0 saturated carbocycles. The van der Waals surface area contributed by atoms with E-state index in [0.29, 0.717) is 12.8 Å². The Labute approximate surface area is 97.2 Å². The molecule has 1 aliphatic heterocycles. The summed E-state index contributed by atoms with van der Waals surface area (Å²) in [6.07, 6.45) is 7.03. The smallest absolute Gasteiger partial charge is 0.219 e. The predicted molar refractivity (Wildman–Crippen MR) is 63.0 cm³/mol. The van der Waals surface area contributed by atoms with Crippen LogP contribution in [-0.4, -0.2) is 24.9 Å². The summed E-state index contributed by atoms with van der Waals surface area (Å²) in [5.41, 5.74) is 0. The van der Waals surface area contributed by atoms with Crippen LogP contribution in [0.2, 0.25) is 0 Å². The summed E-state index contributed by atoms with van der Waals surface area (Å²) < 4.78 is 0. The highest BCUT2D eigenvalue weighted by Crippen LogP contribution is 2.02. The van der Waals surface area contributed by atoms with Gasteiger partial charge in [0.05, 0.1) is 0 Å². The van der Waals surface area contributed by atoms with Crippen LogP contribution in [0.4, 0.5) is 0 Å². The molecular formula is C12H22N2O2. The Kier molecular flexibility index (Phi) is 6.61. The lowest BCUT2D eigenvalue weighted by Gasteiger charge is -2.08.